The maximum atomic E-state index is 12.8. The quantitative estimate of drug-likeness (QED) is 0.405. The minimum Gasteiger partial charge on any atom is -0.321 e. The molecular formula is C24H17ClN4OS. The van der Waals surface area contributed by atoms with E-state index in [0.29, 0.717) is 31.9 Å². The molecule has 4 aromatic rings. The lowest BCUT2D eigenvalue weighted by molar-refractivity contribution is 0.103. The molecule has 0 saturated carbocycles. The molecule has 0 radical (unpaired) electrons. The summed E-state index contributed by atoms with van der Waals surface area (Å²) in [6, 6.07) is 22.5. The summed E-state index contributed by atoms with van der Waals surface area (Å²) < 4.78 is 0. The normalized spacial score (nSPS) is 11.5. The van der Waals surface area contributed by atoms with Gasteiger partial charge in [-0.25, -0.2) is 4.98 Å². The van der Waals surface area contributed by atoms with Crippen LogP contribution in [0.1, 0.15) is 32.4 Å². The lowest BCUT2D eigenvalue weighted by Gasteiger charge is -2.13. The highest BCUT2D eigenvalue weighted by molar-refractivity contribution is 7.17. The summed E-state index contributed by atoms with van der Waals surface area (Å²) in [4.78, 5) is 22.1. The van der Waals surface area contributed by atoms with Crippen LogP contribution in [0.25, 0.3) is 10.7 Å². The highest BCUT2D eigenvalue weighted by Crippen LogP contribution is 2.32. The van der Waals surface area contributed by atoms with Crippen LogP contribution in [0.5, 0.6) is 0 Å². The number of amides is 1. The molecule has 152 valence electrons. The van der Waals surface area contributed by atoms with E-state index in [1.54, 1.807) is 31.3 Å². The van der Waals surface area contributed by atoms with E-state index in [0.717, 1.165) is 11.3 Å². The van der Waals surface area contributed by atoms with Crippen LogP contribution in [0.3, 0.4) is 0 Å². The van der Waals surface area contributed by atoms with E-state index in [1.807, 2.05) is 48.5 Å². The number of halogens is 1. The van der Waals surface area contributed by atoms with Gasteiger partial charge < -0.3 is 5.32 Å². The number of pyridine rings is 1. The number of hydrogen-bond acceptors (Lipinski definition) is 5. The molecule has 0 aliphatic rings. The van der Waals surface area contributed by atoms with Gasteiger partial charge in [0.1, 0.15) is 9.88 Å². The highest BCUT2D eigenvalue weighted by Gasteiger charge is 2.19. The zero-order valence-electron chi connectivity index (χ0n) is 16.5. The molecule has 1 unspecified atom stereocenters. The van der Waals surface area contributed by atoms with Crippen molar-refractivity contribution in [3.63, 3.8) is 0 Å². The molecule has 2 aromatic heterocycles. The fourth-order valence-corrected chi connectivity index (χ4v) is 4.43. The fraction of sp³-hybridized carbons (Fsp3) is 0.0833. The molecule has 1 amide bonds. The standard InChI is InChI=1S/C24H17ClN4OS/c1-15-22(31-24(28-15)21-9-5-6-12-27-21)23(30)29-17-10-11-18(20(25)13-17)19(14-26)16-7-3-2-4-8-16/h2-13,19H,1H3,(H,29,30). The smallest absolute Gasteiger partial charge is 0.267 e. The second kappa shape index (κ2) is 9.09. The third-order valence-electron chi connectivity index (χ3n) is 4.72. The Hall–Kier alpha value is -3.53. The van der Waals surface area contributed by atoms with Crippen molar-refractivity contribution in [3.8, 4) is 16.8 Å². The molecule has 0 bridgehead atoms. The van der Waals surface area contributed by atoms with Gasteiger partial charge in [-0.2, -0.15) is 5.26 Å². The minimum absolute atomic E-state index is 0.263. The fourth-order valence-electron chi connectivity index (χ4n) is 3.20. The first-order valence-electron chi connectivity index (χ1n) is 9.51. The lowest BCUT2D eigenvalue weighted by atomic mass is 9.92. The molecule has 0 aliphatic heterocycles. The van der Waals surface area contributed by atoms with Gasteiger partial charge in [0.2, 0.25) is 0 Å². The molecule has 5 nitrogen and oxygen atoms in total. The van der Waals surface area contributed by atoms with Crippen LogP contribution < -0.4 is 5.32 Å². The van der Waals surface area contributed by atoms with Crippen molar-refractivity contribution in [1.29, 1.82) is 5.26 Å². The Morgan fingerprint density at radius 3 is 2.58 bits per heavy atom. The number of nitrogens with one attached hydrogen (secondary N) is 1. The van der Waals surface area contributed by atoms with Crippen LogP contribution in [-0.2, 0) is 0 Å². The summed E-state index contributed by atoms with van der Waals surface area (Å²) in [5, 5.41) is 13.6. The molecule has 1 N–H and O–H groups in total. The van der Waals surface area contributed by atoms with Crippen molar-refractivity contribution >= 4 is 34.5 Å². The van der Waals surface area contributed by atoms with Gasteiger partial charge >= 0.3 is 0 Å². The van der Waals surface area contributed by atoms with E-state index in [4.69, 9.17) is 11.6 Å². The number of anilines is 1. The van der Waals surface area contributed by atoms with E-state index in [2.05, 4.69) is 21.4 Å². The van der Waals surface area contributed by atoms with E-state index in [9.17, 15) is 10.1 Å². The molecule has 31 heavy (non-hydrogen) atoms. The Balaban J connectivity index is 1.55. The zero-order valence-corrected chi connectivity index (χ0v) is 18.1. The van der Waals surface area contributed by atoms with Crippen LogP contribution >= 0.6 is 22.9 Å². The average molecular weight is 445 g/mol. The second-order valence-corrected chi connectivity index (χ2v) is 8.22. The molecule has 1 atom stereocenters. The third-order valence-corrected chi connectivity index (χ3v) is 6.22. The largest absolute Gasteiger partial charge is 0.321 e. The minimum atomic E-state index is -0.483. The molecule has 0 spiro atoms. The first-order chi connectivity index (χ1) is 15.1. The number of thiazole rings is 1. The number of rotatable bonds is 5. The van der Waals surface area contributed by atoms with Gasteiger partial charge in [-0.1, -0.05) is 54.1 Å². The lowest BCUT2D eigenvalue weighted by Crippen LogP contribution is -2.11. The van der Waals surface area contributed by atoms with Gasteiger partial charge in [0.25, 0.3) is 5.91 Å². The number of hydrogen-bond donors (Lipinski definition) is 1. The van der Waals surface area contributed by atoms with E-state index < -0.39 is 5.92 Å². The first kappa shape index (κ1) is 20.7. The van der Waals surface area contributed by atoms with E-state index in [-0.39, 0.29) is 5.91 Å². The number of carbonyl (C=O) groups excluding carboxylic acids is 1. The van der Waals surface area contributed by atoms with Crippen molar-refractivity contribution in [2.75, 3.05) is 5.32 Å². The van der Waals surface area contributed by atoms with Crippen molar-refractivity contribution in [2.24, 2.45) is 0 Å². The molecular weight excluding hydrogens is 428 g/mol. The predicted octanol–water partition coefficient (Wildman–Crippen LogP) is 6.07. The summed E-state index contributed by atoms with van der Waals surface area (Å²) in [7, 11) is 0. The Morgan fingerprint density at radius 1 is 1.13 bits per heavy atom. The maximum Gasteiger partial charge on any atom is 0.267 e. The van der Waals surface area contributed by atoms with Gasteiger partial charge in [-0.15, -0.1) is 11.3 Å². The molecule has 0 fully saturated rings. The van der Waals surface area contributed by atoms with Crippen LogP contribution in [-0.4, -0.2) is 15.9 Å². The first-order valence-corrected chi connectivity index (χ1v) is 10.7. The van der Waals surface area contributed by atoms with E-state index >= 15 is 0 Å². The number of nitrogens with zero attached hydrogens (tertiary/aromatic N) is 3. The maximum absolute atomic E-state index is 12.8. The third kappa shape index (κ3) is 4.48. The molecule has 0 saturated heterocycles. The van der Waals surface area contributed by atoms with Crippen molar-refractivity contribution in [3.05, 3.63) is 99.6 Å². The monoisotopic (exact) mass is 444 g/mol. The summed E-state index contributed by atoms with van der Waals surface area (Å²) in [6.45, 7) is 1.80. The SMILES string of the molecule is Cc1nc(-c2ccccn2)sc1C(=O)Nc1ccc(C(C#N)c2ccccc2)c(Cl)c1. The van der Waals surface area contributed by atoms with Crippen molar-refractivity contribution in [2.45, 2.75) is 12.8 Å². The van der Waals surface area contributed by atoms with Crippen LogP contribution in [0.2, 0.25) is 5.02 Å². The molecule has 0 aliphatic carbocycles. The van der Waals surface area contributed by atoms with Gasteiger partial charge in [0, 0.05) is 16.9 Å². The molecule has 4 rings (SSSR count). The molecule has 2 heterocycles. The average Bonchev–Trinajstić information content (AvgIpc) is 3.19. The topological polar surface area (TPSA) is 78.7 Å². The Bertz CT molecular complexity index is 1270. The van der Waals surface area contributed by atoms with Crippen LogP contribution in [0.15, 0.2) is 72.9 Å². The van der Waals surface area contributed by atoms with Crippen molar-refractivity contribution < 1.29 is 4.79 Å². The van der Waals surface area contributed by atoms with Crippen LogP contribution in [0, 0.1) is 18.3 Å². The Kier molecular flexibility index (Phi) is 6.08. The number of carbonyl (C=O) groups is 1. The molecule has 7 heteroatoms. The van der Waals surface area contributed by atoms with Gasteiger partial charge in [-0.05, 0) is 42.3 Å². The van der Waals surface area contributed by atoms with Gasteiger partial charge in [0.05, 0.1) is 23.4 Å². The zero-order chi connectivity index (χ0) is 21.8. The van der Waals surface area contributed by atoms with Gasteiger partial charge in [0.15, 0.2) is 0 Å². The molecule has 2 aromatic carbocycles. The summed E-state index contributed by atoms with van der Waals surface area (Å²) in [5.74, 6) is -0.746. The van der Waals surface area contributed by atoms with Crippen LogP contribution in [0.4, 0.5) is 5.69 Å². The van der Waals surface area contributed by atoms with Crippen molar-refractivity contribution in [1.82, 2.24) is 9.97 Å². The summed E-state index contributed by atoms with van der Waals surface area (Å²) in [6.07, 6.45) is 1.69. The number of aryl methyl sites for hydroxylation is 1. The highest BCUT2D eigenvalue weighted by atomic mass is 35.5. The number of aromatic nitrogens is 2. The Morgan fingerprint density at radius 2 is 1.90 bits per heavy atom. The predicted molar refractivity (Wildman–Crippen MR) is 123 cm³/mol. The number of nitriles is 1. The van der Waals surface area contributed by atoms with Gasteiger partial charge in [-0.3, -0.25) is 9.78 Å². The second-order valence-electron chi connectivity index (χ2n) is 6.81. The van der Waals surface area contributed by atoms with E-state index in [1.165, 1.54) is 11.3 Å². The summed E-state index contributed by atoms with van der Waals surface area (Å²) >= 11 is 7.77. The summed E-state index contributed by atoms with van der Waals surface area (Å²) in [5.41, 5.74) is 3.48. The Labute approximate surface area is 189 Å². The number of benzene rings is 2.